The van der Waals surface area contributed by atoms with Crippen LogP contribution in [-0.4, -0.2) is 29.2 Å². The van der Waals surface area contributed by atoms with Crippen LogP contribution < -0.4 is 0 Å². The Morgan fingerprint density at radius 3 is 2.75 bits per heavy atom. The van der Waals surface area contributed by atoms with Gasteiger partial charge in [-0.25, -0.2) is 0 Å². The van der Waals surface area contributed by atoms with Crippen LogP contribution in [-0.2, 0) is 6.54 Å². The third-order valence-electron chi connectivity index (χ3n) is 4.09. The number of likely N-dealkylation sites (tertiary alicyclic amines) is 1. The van der Waals surface area contributed by atoms with Gasteiger partial charge >= 0.3 is 0 Å². The molecular formula is C17H21NOS. The summed E-state index contributed by atoms with van der Waals surface area (Å²) >= 11 is 1.88. The van der Waals surface area contributed by atoms with Crippen LogP contribution in [0, 0.1) is 5.92 Å². The number of benzene rings is 1. The van der Waals surface area contributed by atoms with Gasteiger partial charge in [0.1, 0.15) is 0 Å². The van der Waals surface area contributed by atoms with Crippen molar-refractivity contribution in [3.8, 4) is 10.4 Å². The largest absolute Gasteiger partial charge is 0.393 e. The molecule has 1 saturated heterocycles. The molecule has 1 fully saturated rings. The molecule has 1 aromatic heterocycles. The van der Waals surface area contributed by atoms with Crippen molar-refractivity contribution in [2.75, 3.05) is 13.1 Å². The lowest BCUT2D eigenvalue weighted by Crippen LogP contribution is -2.23. The Labute approximate surface area is 124 Å². The number of aliphatic hydroxyl groups is 1. The summed E-state index contributed by atoms with van der Waals surface area (Å²) in [5.41, 5.74) is 1.30. The van der Waals surface area contributed by atoms with Crippen LogP contribution in [0.25, 0.3) is 10.4 Å². The second-order valence-electron chi connectivity index (χ2n) is 5.66. The van der Waals surface area contributed by atoms with E-state index in [9.17, 15) is 5.11 Å². The molecule has 3 rings (SSSR count). The number of rotatable bonds is 4. The first kappa shape index (κ1) is 13.8. The second kappa shape index (κ2) is 6.08. The van der Waals surface area contributed by atoms with E-state index < -0.39 is 0 Å². The smallest absolute Gasteiger partial charge is 0.0552 e. The summed E-state index contributed by atoms with van der Waals surface area (Å²) in [7, 11) is 0. The Balaban J connectivity index is 1.64. The molecule has 0 spiro atoms. The monoisotopic (exact) mass is 287 g/mol. The Hall–Kier alpha value is -1.16. The van der Waals surface area contributed by atoms with E-state index in [1.807, 2.05) is 18.3 Å². The third kappa shape index (κ3) is 3.11. The quantitative estimate of drug-likeness (QED) is 0.928. The van der Waals surface area contributed by atoms with Gasteiger partial charge in [0.25, 0.3) is 0 Å². The normalized spacial score (nSPS) is 21.2. The average Bonchev–Trinajstić information content (AvgIpc) is 3.10. The molecule has 2 nitrogen and oxygen atoms in total. The summed E-state index contributed by atoms with van der Waals surface area (Å²) in [5, 5.41) is 9.66. The van der Waals surface area contributed by atoms with Crippen molar-refractivity contribution < 1.29 is 5.11 Å². The molecule has 106 valence electrons. The highest BCUT2D eigenvalue weighted by atomic mass is 32.1. The molecule has 1 N–H and O–H groups in total. The van der Waals surface area contributed by atoms with Crippen molar-refractivity contribution in [3.63, 3.8) is 0 Å². The van der Waals surface area contributed by atoms with Gasteiger partial charge in [0.2, 0.25) is 0 Å². The fourth-order valence-corrected chi connectivity index (χ4v) is 3.90. The minimum atomic E-state index is -0.178. The maximum absolute atomic E-state index is 9.66. The Kier molecular flexibility index (Phi) is 4.20. The zero-order valence-corrected chi connectivity index (χ0v) is 12.6. The average molecular weight is 287 g/mol. The van der Waals surface area contributed by atoms with Gasteiger partial charge in [0, 0.05) is 22.8 Å². The van der Waals surface area contributed by atoms with E-state index in [2.05, 4.69) is 47.4 Å². The number of hydrogen-bond donors (Lipinski definition) is 1. The number of thiophene rings is 1. The highest BCUT2D eigenvalue weighted by molar-refractivity contribution is 7.15. The zero-order valence-electron chi connectivity index (χ0n) is 11.8. The molecule has 0 saturated carbocycles. The van der Waals surface area contributed by atoms with E-state index in [4.69, 9.17) is 0 Å². The third-order valence-corrected chi connectivity index (χ3v) is 5.21. The van der Waals surface area contributed by atoms with Gasteiger partial charge in [-0.3, -0.25) is 4.90 Å². The van der Waals surface area contributed by atoms with Crippen molar-refractivity contribution in [3.05, 3.63) is 47.3 Å². The van der Waals surface area contributed by atoms with E-state index in [0.29, 0.717) is 5.92 Å². The molecule has 2 aromatic rings. The minimum absolute atomic E-state index is 0.178. The molecule has 2 heterocycles. The number of aliphatic hydroxyl groups excluding tert-OH is 1. The molecule has 0 bridgehead atoms. The van der Waals surface area contributed by atoms with E-state index in [1.54, 1.807) is 0 Å². The lowest BCUT2D eigenvalue weighted by atomic mass is 10.0. The zero-order chi connectivity index (χ0) is 13.9. The predicted octanol–water partition coefficient (Wildman–Crippen LogP) is 3.62. The molecular weight excluding hydrogens is 266 g/mol. The van der Waals surface area contributed by atoms with Gasteiger partial charge in [-0.15, -0.1) is 11.3 Å². The van der Waals surface area contributed by atoms with Gasteiger partial charge in [-0.1, -0.05) is 30.3 Å². The van der Waals surface area contributed by atoms with Gasteiger partial charge in [-0.2, -0.15) is 0 Å². The van der Waals surface area contributed by atoms with Crippen LogP contribution >= 0.6 is 11.3 Å². The molecule has 0 amide bonds. The predicted molar refractivity (Wildman–Crippen MR) is 84.8 cm³/mol. The maximum atomic E-state index is 9.66. The summed E-state index contributed by atoms with van der Waals surface area (Å²) in [5.74, 6) is 0.448. The topological polar surface area (TPSA) is 23.5 Å². The molecule has 1 aromatic carbocycles. The molecule has 0 radical (unpaired) electrons. The highest BCUT2D eigenvalue weighted by Gasteiger charge is 2.26. The molecule has 1 aliphatic heterocycles. The summed E-state index contributed by atoms with van der Waals surface area (Å²) in [6, 6.07) is 15.0. The van der Waals surface area contributed by atoms with Crippen molar-refractivity contribution in [1.29, 1.82) is 0 Å². The van der Waals surface area contributed by atoms with E-state index >= 15 is 0 Å². The van der Waals surface area contributed by atoms with Crippen molar-refractivity contribution >= 4 is 11.3 Å². The molecule has 20 heavy (non-hydrogen) atoms. The maximum Gasteiger partial charge on any atom is 0.0552 e. The van der Waals surface area contributed by atoms with Gasteiger partial charge in [-0.05, 0) is 43.5 Å². The Morgan fingerprint density at radius 2 is 2.05 bits per heavy atom. The lowest BCUT2D eigenvalue weighted by Gasteiger charge is -2.16. The summed E-state index contributed by atoms with van der Waals surface area (Å²) in [6.45, 7) is 5.05. The van der Waals surface area contributed by atoms with Crippen LogP contribution in [0.2, 0.25) is 0 Å². The molecule has 2 unspecified atom stereocenters. The lowest BCUT2D eigenvalue weighted by molar-refractivity contribution is 0.127. The first-order valence-corrected chi connectivity index (χ1v) is 8.08. The SMILES string of the molecule is CC(O)C1CCN(Cc2ccc(-c3ccccc3)s2)C1. The number of nitrogens with zero attached hydrogens (tertiary/aromatic N) is 1. The van der Waals surface area contributed by atoms with Gasteiger partial charge in [0.15, 0.2) is 0 Å². The van der Waals surface area contributed by atoms with Crippen LogP contribution in [0.5, 0.6) is 0 Å². The van der Waals surface area contributed by atoms with Crippen molar-refractivity contribution in [2.24, 2.45) is 5.92 Å². The van der Waals surface area contributed by atoms with Crippen molar-refractivity contribution in [1.82, 2.24) is 4.90 Å². The van der Waals surface area contributed by atoms with Crippen LogP contribution in [0.15, 0.2) is 42.5 Å². The first-order chi connectivity index (χ1) is 9.72. The summed E-state index contributed by atoms with van der Waals surface area (Å²) < 4.78 is 0. The number of hydrogen-bond acceptors (Lipinski definition) is 3. The molecule has 2 atom stereocenters. The Bertz CT molecular complexity index is 549. The van der Waals surface area contributed by atoms with E-state index in [1.165, 1.54) is 15.3 Å². The Morgan fingerprint density at radius 1 is 1.25 bits per heavy atom. The minimum Gasteiger partial charge on any atom is -0.393 e. The second-order valence-corrected chi connectivity index (χ2v) is 6.82. The molecule has 0 aliphatic carbocycles. The summed E-state index contributed by atoms with van der Waals surface area (Å²) in [6.07, 6.45) is 0.942. The van der Waals surface area contributed by atoms with E-state index in [0.717, 1.165) is 26.1 Å². The fraction of sp³-hybridized carbons (Fsp3) is 0.412. The summed E-state index contributed by atoms with van der Waals surface area (Å²) in [4.78, 5) is 5.21. The van der Waals surface area contributed by atoms with E-state index in [-0.39, 0.29) is 6.10 Å². The first-order valence-electron chi connectivity index (χ1n) is 7.27. The highest BCUT2D eigenvalue weighted by Crippen LogP contribution is 2.30. The van der Waals surface area contributed by atoms with Crippen LogP contribution in [0.1, 0.15) is 18.2 Å². The van der Waals surface area contributed by atoms with Crippen LogP contribution in [0.4, 0.5) is 0 Å². The van der Waals surface area contributed by atoms with Crippen LogP contribution in [0.3, 0.4) is 0 Å². The van der Waals surface area contributed by atoms with Crippen molar-refractivity contribution in [2.45, 2.75) is 26.0 Å². The fourth-order valence-electron chi connectivity index (χ4n) is 2.84. The standard InChI is InChI=1S/C17H21NOS/c1-13(19)15-9-10-18(11-15)12-16-7-8-17(20-16)14-5-3-2-4-6-14/h2-8,13,15,19H,9-12H2,1H3. The molecule has 1 aliphatic rings. The molecule has 3 heteroatoms. The van der Waals surface area contributed by atoms with Gasteiger partial charge < -0.3 is 5.11 Å². The van der Waals surface area contributed by atoms with Gasteiger partial charge in [0.05, 0.1) is 6.10 Å².